The van der Waals surface area contributed by atoms with Crippen molar-refractivity contribution in [2.45, 2.75) is 31.3 Å². The molecule has 0 unspecified atom stereocenters. The minimum Gasteiger partial charge on any atom is -0.488 e. The molecule has 1 aromatic carbocycles. The van der Waals surface area contributed by atoms with Crippen LogP contribution in [0.2, 0.25) is 0 Å². The minimum absolute atomic E-state index is 0.109. The number of hydrogen-bond donors (Lipinski definition) is 1. The molecule has 0 bridgehead atoms. The molecule has 18 heavy (non-hydrogen) atoms. The van der Waals surface area contributed by atoms with Crippen LogP contribution in [0.4, 0.5) is 0 Å². The second-order valence-electron chi connectivity index (χ2n) is 4.94. The third-order valence-corrected chi connectivity index (χ3v) is 3.46. The maximum Gasteiger partial charge on any atom is 0.335 e. The van der Waals surface area contributed by atoms with E-state index in [0.717, 1.165) is 37.2 Å². The van der Waals surface area contributed by atoms with Gasteiger partial charge in [-0.05, 0) is 42.5 Å². The Balaban J connectivity index is 1.85. The summed E-state index contributed by atoms with van der Waals surface area (Å²) in [6.07, 6.45) is 3.27. The predicted molar refractivity (Wildman–Crippen MR) is 65.2 cm³/mol. The summed E-state index contributed by atoms with van der Waals surface area (Å²) in [6, 6.07) is 5.15. The molecule has 1 atom stereocenters. The third kappa shape index (κ3) is 2.34. The summed E-state index contributed by atoms with van der Waals surface area (Å²) in [5.74, 6) is 0.423. The van der Waals surface area contributed by atoms with E-state index in [1.54, 1.807) is 18.2 Å². The molecule has 1 aliphatic carbocycles. The molecule has 1 N–H and O–H groups in total. The van der Waals surface area contributed by atoms with Crippen LogP contribution in [-0.4, -0.2) is 30.4 Å². The predicted octanol–water partition coefficient (Wildman–Crippen LogP) is 2.43. The van der Waals surface area contributed by atoms with Crippen molar-refractivity contribution in [2.75, 3.05) is 13.2 Å². The summed E-state index contributed by atoms with van der Waals surface area (Å²) in [5.41, 5.74) is 1.38. The smallest absolute Gasteiger partial charge is 0.335 e. The van der Waals surface area contributed by atoms with E-state index in [2.05, 4.69) is 0 Å². The first-order chi connectivity index (χ1) is 8.74. The van der Waals surface area contributed by atoms with E-state index in [4.69, 9.17) is 14.6 Å². The SMILES string of the molecule is O=C(O)c1ccc(O[C@@H]2CCOC2)c(C2CC2)c1. The van der Waals surface area contributed by atoms with Gasteiger partial charge in [-0.2, -0.15) is 0 Å². The lowest BCUT2D eigenvalue weighted by atomic mass is 10.1. The van der Waals surface area contributed by atoms with E-state index < -0.39 is 5.97 Å². The lowest BCUT2D eigenvalue weighted by molar-refractivity contribution is 0.0696. The van der Waals surface area contributed by atoms with Crippen molar-refractivity contribution in [3.05, 3.63) is 29.3 Å². The zero-order valence-corrected chi connectivity index (χ0v) is 10.1. The van der Waals surface area contributed by atoms with Crippen molar-refractivity contribution < 1.29 is 19.4 Å². The second kappa shape index (κ2) is 4.61. The van der Waals surface area contributed by atoms with Crippen LogP contribution in [0.1, 0.15) is 41.1 Å². The van der Waals surface area contributed by atoms with Gasteiger partial charge >= 0.3 is 5.97 Å². The normalized spacial score (nSPS) is 23.0. The summed E-state index contributed by atoms with van der Waals surface area (Å²) in [4.78, 5) is 11.0. The largest absolute Gasteiger partial charge is 0.488 e. The number of rotatable bonds is 4. The fourth-order valence-electron chi connectivity index (χ4n) is 2.29. The molecule has 4 heteroatoms. The Morgan fingerprint density at radius 1 is 1.33 bits per heavy atom. The topological polar surface area (TPSA) is 55.8 Å². The maximum absolute atomic E-state index is 11.0. The Morgan fingerprint density at radius 3 is 2.78 bits per heavy atom. The van der Waals surface area contributed by atoms with Crippen LogP contribution in [0, 0.1) is 0 Å². The second-order valence-corrected chi connectivity index (χ2v) is 4.94. The lowest BCUT2D eigenvalue weighted by Crippen LogP contribution is -2.16. The Bertz CT molecular complexity index is 459. The first-order valence-electron chi connectivity index (χ1n) is 6.35. The van der Waals surface area contributed by atoms with Crippen LogP contribution in [0.5, 0.6) is 5.75 Å². The van der Waals surface area contributed by atoms with Gasteiger partial charge in [0.05, 0.1) is 18.8 Å². The molecule has 1 saturated carbocycles. The van der Waals surface area contributed by atoms with Crippen LogP contribution >= 0.6 is 0 Å². The highest BCUT2D eigenvalue weighted by Gasteiger charge is 2.29. The highest BCUT2D eigenvalue weighted by Crippen LogP contribution is 2.45. The standard InChI is InChI=1S/C14H16O4/c15-14(16)10-3-4-13(12(7-10)9-1-2-9)18-11-5-6-17-8-11/h3-4,7,9,11H,1-2,5-6,8H2,(H,15,16)/t11-/m1/s1. The Hall–Kier alpha value is -1.55. The Kier molecular flexibility index (Phi) is 2.96. The number of hydrogen-bond acceptors (Lipinski definition) is 3. The van der Waals surface area contributed by atoms with E-state index in [-0.39, 0.29) is 6.10 Å². The molecule has 0 aromatic heterocycles. The van der Waals surface area contributed by atoms with Crippen molar-refractivity contribution >= 4 is 5.97 Å². The molecule has 3 rings (SSSR count). The number of ether oxygens (including phenoxy) is 2. The fourth-order valence-corrected chi connectivity index (χ4v) is 2.29. The van der Waals surface area contributed by atoms with Crippen molar-refractivity contribution in [1.29, 1.82) is 0 Å². The molecule has 2 fully saturated rings. The van der Waals surface area contributed by atoms with E-state index in [9.17, 15) is 4.79 Å². The third-order valence-electron chi connectivity index (χ3n) is 3.46. The fraction of sp³-hybridized carbons (Fsp3) is 0.500. The van der Waals surface area contributed by atoms with Gasteiger partial charge < -0.3 is 14.6 Å². The van der Waals surface area contributed by atoms with Crippen LogP contribution in [0.15, 0.2) is 18.2 Å². The molecule has 1 aliphatic heterocycles. The Labute approximate surface area is 106 Å². The van der Waals surface area contributed by atoms with Gasteiger partial charge in [0.1, 0.15) is 11.9 Å². The maximum atomic E-state index is 11.0. The number of carboxylic acid groups (broad SMARTS) is 1. The molecule has 1 heterocycles. The van der Waals surface area contributed by atoms with Crippen LogP contribution < -0.4 is 4.74 Å². The molecule has 0 spiro atoms. The number of aromatic carboxylic acids is 1. The first-order valence-corrected chi connectivity index (χ1v) is 6.35. The molecule has 1 aromatic rings. The summed E-state index contributed by atoms with van der Waals surface area (Å²) in [7, 11) is 0. The molecule has 2 aliphatic rings. The van der Waals surface area contributed by atoms with Gasteiger partial charge in [0.2, 0.25) is 0 Å². The zero-order valence-electron chi connectivity index (χ0n) is 10.1. The van der Waals surface area contributed by atoms with Crippen LogP contribution in [-0.2, 0) is 4.74 Å². The summed E-state index contributed by atoms with van der Waals surface area (Å²) in [6.45, 7) is 1.38. The van der Waals surface area contributed by atoms with Gasteiger partial charge in [-0.15, -0.1) is 0 Å². The van der Waals surface area contributed by atoms with Crippen molar-refractivity contribution in [3.8, 4) is 5.75 Å². The quantitative estimate of drug-likeness (QED) is 0.889. The summed E-state index contributed by atoms with van der Waals surface area (Å²) in [5, 5.41) is 9.03. The van der Waals surface area contributed by atoms with Gasteiger partial charge in [0, 0.05) is 6.42 Å². The average Bonchev–Trinajstić information content (AvgIpc) is 3.08. The van der Waals surface area contributed by atoms with Gasteiger partial charge in [-0.25, -0.2) is 4.79 Å². The van der Waals surface area contributed by atoms with Crippen molar-refractivity contribution in [2.24, 2.45) is 0 Å². The van der Waals surface area contributed by atoms with Crippen LogP contribution in [0.3, 0.4) is 0 Å². The molecular weight excluding hydrogens is 232 g/mol. The molecule has 1 saturated heterocycles. The van der Waals surface area contributed by atoms with Gasteiger partial charge in [-0.3, -0.25) is 0 Å². The van der Waals surface area contributed by atoms with Gasteiger partial charge in [-0.1, -0.05) is 0 Å². The van der Waals surface area contributed by atoms with E-state index in [1.165, 1.54) is 0 Å². The van der Waals surface area contributed by atoms with E-state index >= 15 is 0 Å². The van der Waals surface area contributed by atoms with Crippen molar-refractivity contribution in [3.63, 3.8) is 0 Å². The number of benzene rings is 1. The zero-order chi connectivity index (χ0) is 12.5. The molecule has 4 nitrogen and oxygen atoms in total. The minimum atomic E-state index is -0.882. The van der Waals surface area contributed by atoms with Gasteiger partial charge in [0.15, 0.2) is 0 Å². The summed E-state index contributed by atoms with van der Waals surface area (Å²) < 4.78 is 11.2. The van der Waals surface area contributed by atoms with E-state index in [1.807, 2.05) is 0 Å². The highest BCUT2D eigenvalue weighted by atomic mass is 16.5. The lowest BCUT2D eigenvalue weighted by Gasteiger charge is -2.16. The highest BCUT2D eigenvalue weighted by molar-refractivity contribution is 5.88. The molecule has 0 radical (unpaired) electrons. The summed E-state index contributed by atoms with van der Waals surface area (Å²) >= 11 is 0. The molecule has 0 amide bonds. The van der Waals surface area contributed by atoms with Crippen LogP contribution in [0.25, 0.3) is 0 Å². The monoisotopic (exact) mass is 248 g/mol. The number of carboxylic acids is 1. The first kappa shape index (κ1) is 11.5. The average molecular weight is 248 g/mol. The van der Waals surface area contributed by atoms with Gasteiger partial charge in [0.25, 0.3) is 0 Å². The van der Waals surface area contributed by atoms with E-state index in [0.29, 0.717) is 18.1 Å². The van der Waals surface area contributed by atoms with Crippen molar-refractivity contribution in [1.82, 2.24) is 0 Å². The number of carbonyl (C=O) groups is 1. The molecule has 96 valence electrons. The Morgan fingerprint density at radius 2 is 2.17 bits per heavy atom. The molecular formula is C14H16O4.